The van der Waals surface area contributed by atoms with E-state index in [-0.39, 0.29) is 5.39 Å². The molecule has 0 atom stereocenters. The van der Waals surface area contributed by atoms with Gasteiger partial charge in [0.1, 0.15) is 0 Å². The molecule has 0 bridgehead atoms. The molecule has 4 heteroatoms. The topological polar surface area (TPSA) is 0 Å². The van der Waals surface area contributed by atoms with Crippen molar-refractivity contribution in [3.63, 3.8) is 0 Å². The van der Waals surface area contributed by atoms with Crippen molar-refractivity contribution >= 4 is 27.5 Å². The zero-order chi connectivity index (χ0) is 12.5. The Hall–Kier alpha value is -1.55. The summed E-state index contributed by atoms with van der Waals surface area (Å²) in [5.74, 6) is 0. The van der Waals surface area contributed by atoms with Crippen molar-refractivity contribution in [3.05, 3.63) is 53.4 Å². The molecule has 0 radical (unpaired) electrons. The van der Waals surface area contributed by atoms with Crippen molar-refractivity contribution in [1.29, 1.82) is 0 Å². The maximum absolute atomic E-state index is 12.6. The first-order valence-electron chi connectivity index (χ1n) is 4.90. The number of hydrogen-bond acceptors (Lipinski definition) is 1. The Kier molecular flexibility index (Phi) is 3.07. The minimum Gasteiger partial charge on any atom is -0.166 e. The van der Waals surface area contributed by atoms with Crippen molar-refractivity contribution in [2.45, 2.75) is 6.18 Å². The van der Waals surface area contributed by atoms with Gasteiger partial charge in [-0.15, -0.1) is 11.3 Å². The molecular formula is C13H9F3S. The second-order valence-corrected chi connectivity index (χ2v) is 4.41. The van der Waals surface area contributed by atoms with Crippen LogP contribution >= 0.6 is 11.3 Å². The minimum absolute atomic E-state index is 0.262. The van der Waals surface area contributed by atoms with Gasteiger partial charge in [-0.2, -0.15) is 13.2 Å². The SMILES string of the molecule is C=CC=Cc1ccc2c(C(F)(F)F)csc2c1. The summed E-state index contributed by atoms with van der Waals surface area (Å²) in [6.45, 7) is 3.54. The molecule has 0 aliphatic carbocycles. The highest BCUT2D eigenvalue weighted by molar-refractivity contribution is 7.17. The third-order valence-electron chi connectivity index (χ3n) is 2.33. The fraction of sp³-hybridized carbons (Fsp3) is 0.0769. The number of allylic oxidation sites excluding steroid dienone is 2. The fourth-order valence-corrected chi connectivity index (χ4v) is 2.56. The Labute approximate surface area is 101 Å². The van der Waals surface area contributed by atoms with E-state index in [1.807, 2.05) is 0 Å². The van der Waals surface area contributed by atoms with Crippen molar-refractivity contribution in [2.75, 3.05) is 0 Å². The summed E-state index contributed by atoms with van der Waals surface area (Å²) < 4.78 is 38.5. The Balaban J connectivity index is 2.52. The average molecular weight is 254 g/mol. The molecule has 0 amide bonds. The highest BCUT2D eigenvalue weighted by atomic mass is 32.1. The van der Waals surface area contributed by atoms with Crippen LogP contribution < -0.4 is 0 Å². The zero-order valence-corrected chi connectivity index (χ0v) is 9.61. The Morgan fingerprint density at radius 3 is 2.65 bits per heavy atom. The molecule has 0 fully saturated rings. The molecule has 1 aromatic carbocycles. The predicted octanol–water partition coefficient (Wildman–Crippen LogP) is 5.12. The summed E-state index contributed by atoms with van der Waals surface area (Å²) in [7, 11) is 0. The van der Waals surface area contributed by atoms with Gasteiger partial charge in [0.25, 0.3) is 0 Å². The van der Waals surface area contributed by atoms with Gasteiger partial charge in [-0.1, -0.05) is 36.9 Å². The molecule has 17 heavy (non-hydrogen) atoms. The van der Waals surface area contributed by atoms with E-state index in [1.165, 1.54) is 6.07 Å². The van der Waals surface area contributed by atoms with Crippen LogP contribution in [-0.4, -0.2) is 0 Å². The van der Waals surface area contributed by atoms with E-state index in [4.69, 9.17) is 0 Å². The lowest BCUT2D eigenvalue weighted by molar-refractivity contribution is -0.136. The van der Waals surface area contributed by atoms with Crippen LogP contribution in [0.15, 0.2) is 42.3 Å². The van der Waals surface area contributed by atoms with Gasteiger partial charge in [0.15, 0.2) is 0 Å². The molecular weight excluding hydrogens is 245 g/mol. The predicted molar refractivity (Wildman–Crippen MR) is 66.1 cm³/mol. The summed E-state index contributed by atoms with van der Waals surface area (Å²) >= 11 is 1.11. The highest BCUT2D eigenvalue weighted by Gasteiger charge is 2.33. The molecule has 0 N–H and O–H groups in total. The molecule has 1 heterocycles. The van der Waals surface area contributed by atoms with Crippen LogP contribution in [0.5, 0.6) is 0 Å². The van der Waals surface area contributed by atoms with Gasteiger partial charge in [0.2, 0.25) is 0 Å². The van der Waals surface area contributed by atoms with E-state index in [9.17, 15) is 13.2 Å². The van der Waals surface area contributed by atoms with Crippen molar-refractivity contribution < 1.29 is 13.2 Å². The molecule has 0 aliphatic heterocycles. The number of alkyl halides is 3. The summed E-state index contributed by atoms with van der Waals surface area (Å²) in [6.07, 6.45) is 0.898. The summed E-state index contributed by atoms with van der Waals surface area (Å²) in [4.78, 5) is 0. The molecule has 0 saturated heterocycles. The Bertz CT molecular complexity index is 576. The molecule has 0 nitrogen and oxygen atoms in total. The number of thiophene rings is 1. The van der Waals surface area contributed by atoms with Crippen LogP contribution in [0.4, 0.5) is 13.2 Å². The van der Waals surface area contributed by atoms with Crippen molar-refractivity contribution in [3.8, 4) is 0 Å². The second kappa shape index (κ2) is 4.37. The van der Waals surface area contributed by atoms with Gasteiger partial charge in [0, 0.05) is 15.5 Å². The average Bonchev–Trinajstić information content (AvgIpc) is 2.68. The first kappa shape index (κ1) is 11.9. The van der Waals surface area contributed by atoms with Crippen LogP contribution in [0.3, 0.4) is 0 Å². The van der Waals surface area contributed by atoms with Gasteiger partial charge in [-0.3, -0.25) is 0 Å². The Morgan fingerprint density at radius 1 is 1.24 bits per heavy atom. The van der Waals surface area contributed by atoms with Gasteiger partial charge in [-0.05, 0) is 11.6 Å². The van der Waals surface area contributed by atoms with Crippen LogP contribution in [-0.2, 0) is 6.18 Å². The first-order valence-corrected chi connectivity index (χ1v) is 5.78. The van der Waals surface area contributed by atoms with Crippen LogP contribution in [0, 0.1) is 0 Å². The van der Waals surface area contributed by atoms with Crippen molar-refractivity contribution in [1.82, 2.24) is 0 Å². The number of fused-ring (bicyclic) bond motifs is 1. The van der Waals surface area contributed by atoms with E-state index >= 15 is 0 Å². The second-order valence-electron chi connectivity index (χ2n) is 3.50. The zero-order valence-electron chi connectivity index (χ0n) is 8.79. The van der Waals surface area contributed by atoms with Gasteiger partial charge < -0.3 is 0 Å². The highest BCUT2D eigenvalue weighted by Crippen LogP contribution is 2.38. The normalized spacial score (nSPS) is 12.4. The van der Waals surface area contributed by atoms with E-state index in [1.54, 1.807) is 30.4 Å². The summed E-state index contributed by atoms with van der Waals surface area (Å²) in [6, 6.07) is 4.93. The van der Waals surface area contributed by atoms with Crippen LogP contribution in [0.1, 0.15) is 11.1 Å². The van der Waals surface area contributed by atoms with Gasteiger partial charge in [-0.25, -0.2) is 0 Å². The molecule has 2 rings (SSSR count). The smallest absolute Gasteiger partial charge is 0.166 e. The van der Waals surface area contributed by atoms with E-state index in [2.05, 4.69) is 6.58 Å². The Morgan fingerprint density at radius 2 is 2.00 bits per heavy atom. The minimum atomic E-state index is -4.28. The van der Waals surface area contributed by atoms with E-state index in [0.29, 0.717) is 4.70 Å². The van der Waals surface area contributed by atoms with Crippen LogP contribution in [0.2, 0.25) is 0 Å². The molecule has 2 aromatic rings. The lowest BCUT2D eigenvalue weighted by atomic mass is 10.1. The number of rotatable bonds is 2. The summed E-state index contributed by atoms with van der Waals surface area (Å²) in [5, 5.41) is 1.42. The van der Waals surface area contributed by atoms with Gasteiger partial charge in [0.05, 0.1) is 5.56 Å². The summed E-state index contributed by atoms with van der Waals surface area (Å²) in [5.41, 5.74) is 0.310. The molecule has 88 valence electrons. The lowest BCUT2D eigenvalue weighted by Crippen LogP contribution is -2.02. The van der Waals surface area contributed by atoms with E-state index < -0.39 is 11.7 Å². The molecule has 0 saturated carbocycles. The first-order chi connectivity index (χ1) is 8.02. The maximum Gasteiger partial charge on any atom is 0.417 e. The number of halogens is 3. The maximum atomic E-state index is 12.6. The number of hydrogen-bond donors (Lipinski definition) is 0. The van der Waals surface area contributed by atoms with Crippen LogP contribution in [0.25, 0.3) is 16.2 Å². The third kappa shape index (κ3) is 2.42. The van der Waals surface area contributed by atoms with Crippen molar-refractivity contribution in [2.24, 2.45) is 0 Å². The largest absolute Gasteiger partial charge is 0.417 e. The molecule has 0 unspecified atom stereocenters. The molecule has 0 aliphatic rings. The van der Waals surface area contributed by atoms with E-state index in [0.717, 1.165) is 22.3 Å². The standard InChI is InChI=1S/C13H9F3S/c1-2-3-4-9-5-6-10-11(13(14,15)16)8-17-12(10)7-9/h2-8H,1H2. The van der Waals surface area contributed by atoms with Gasteiger partial charge >= 0.3 is 6.18 Å². The monoisotopic (exact) mass is 254 g/mol. The fourth-order valence-electron chi connectivity index (χ4n) is 1.55. The third-order valence-corrected chi connectivity index (χ3v) is 3.27. The lowest BCUT2D eigenvalue weighted by Gasteiger charge is -2.04. The molecule has 0 spiro atoms. The molecule has 1 aromatic heterocycles. The number of benzene rings is 1. The quantitative estimate of drug-likeness (QED) is 0.652.